The Morgan fingerprint density at radius 2 is 1.74 bits per heavy atom. The van der Waals surface area contributed by atoms with Crippen molar-refractivity contribution in [2.75, 3.05) is 13.1 Å². The van der Waals surface area contributed by atoms with Crippen LogP contribution >= 0.6 is 0 Å². The standard InChI is InChI=1S/C28H23F2NO3/c29-23-12-18(15-31-16-28(30,17-31)26(32)33)6-8-22(23)25-14-19-13-21(7-9-24(19)34-25)27(10-11-27)20-4-2-1-3-5-20/h1-9,12-14H,10-11,15-17H2,(H,32,33). The van der Waals surface area contributed by atoms with E-state index in [4.69, 9.17) is 9.52 Å². The normalized spacial score (nSPS) is 18.5. The first-order valence-corrected chi connectivity index (χ1v) is 11.4. The lowest BCUT2D eigenvalue weighted by Gasteiger charge is -2.41. The van der Waals surface area contributed by atoms with Gasteiger partial charge in [0.25, 0.3) is 0 Å². The van der Waals surface area contributed by atoms with Crippen LogP contribution in [0.15, 0.2) is 77.2 Å². The molecular weight excluding hydrogens is 436 g/mol. The van der Waals surface area contributed by atoms with Gasteiger partial charge in [-0.05, 0) is 59.9 Å². The molecule has 1 N–H and O–H groups in total. The number of carboxylic acids is 1. The number of likely N-dealkylation sites (tertiary alicyclic amines) is 1. The van der Waals surface area contributed by atoms with E-state index in [1.807, 2.05) is 18.2 Å². The van der Waals surface area contributed by atoms with Gasteiger partial charge in [-0.15, -0.1) is 0 Å². The first kappa shape index (κ1) is 21.1. The lowest BCUT2D eigenvalue weighted by Crippen LogP contribution is -2.62. The number of carboxylic acid groups (broad SMARTS) is 1. The minimum atomic E-state index is -2.20. The molecule has 1 aliphatic heterocycles. The second kappa shape index (κ2) is 7.50. The molecule has 0 atom stereocenters. The van der Waals surface area contributed by atoms with Crippen molar-refractivity contribution < 1.29 is 23.1 Å². The highest BCUT2D eigenvalue weighted by molar-refractivity contribution is 5.84. The van der Waals surface area contributed by atoms with Crippen LogP contribution in [0.3, 0.4) is 0 Å². The number of alkyl halides is 1. The zero-order chi connectivity index (χ0) is 23.5. The van der Waals surface area contributed by atoms with Gasteiger partial charge in [-0.2, -0.15) is 0 Å². The predicted octanol–water partition coefficient (Wildman–Crippen LogP) is 5.93. The SMILES string of the molecule is O=C(O)C1(F)CN(Cc2ccc(-c3cc4cc(C5(c6ccccc6)CC5)ccc4o3)c(F)c2)C1. The van der Waals surface area contributed by atoms with E-state index in [9.17, 15) is 13.6 Å². The molecule has 6 heteroatoms. The molecule has 1 aromatic heterocycles. The van der Waals surface area contributed by atoms with Gasteiger partial charge in [0, 0.05) is 30.4 Å². The van der Waals surface area contributed by atoms with Crippen molar-refractivity contribution in [2.24, 2.45) is 0 Å². The summed E-state index contributed by atoms with van der Waals surface area (Å²) in [7, 11) is 0. The number of nitrogens with zero attached hydrogens (tertiary/aromatic N) is 1. The molecule has 1 saturated carbocycles. The summed E-state index contributed by atoms with van der Waals surface area (Å²) in [5, 5.41) is 9.83. The highest BCUT2D eigenvalue weighted by Gasteiger charge is 2.50. The van der Waals surface area contributed by atoms with E-state index in [0.29, 0.717) is 29.0 Å². The Hall–Kier alpha value is -3.51. The first-order chi connectivity index (χ1) is 16.4. The molecule has 4 aromatic rings. The van der Waals surface area contributed by atoms with E-state index < -0.39 is 17.5 Å². The summed E-state index contributed by atoms with van der Waals surface area (Å²) in [4.78, 5) is 12.6. The Kier molecular flexibility index (Phi) is 4.64. The molecule has 1 saturated heterocycles. The van der Waals surface area contributed by atoms with E-state index in [1.54, 1.807) is 17.0 Å². The third-order valence-electron chi connectivity index (χ3n) is 7.18. The highest BCUT2D eigenvalue weighted by atomic mass is 19.1. The first-order valence-electron chi connectivity index (χ1n) is 11.4. The fourth-order valence-electron chi connectivity index (χ4n) is 5.12. The van der Waals surface area contributed by atoms with E-state index >= 15 is 0 Å². The van der Waals surface area contributed by atoms with Crippen molar-refractivity contribution >= 4 is 16.9 Å². The van der Waals surface area contributed by atoms with Gasteiger partial charge in [0.15, 0.2) is 0 Å². The zero-order valence-corrected chi connectivity index (χ0v) is 18.4. The summed E-state index contributed by atoms with van der Waals surface area (Å²) in [5.41, 5.74) is 2.13. The van der Waals surface area contributed by atoms with Crippen molar-refractivity contribution in [3.8, 4) is 11.3 Å². The Morgan fingerprint density at radius 1 is 0.971 bits per heavy atom. The number of aliphatic carboxylic acids is 1. The van der Waals surface area contributed by atoms with Gasteiger partial charge >= 0.3 is 5.97 Å². The van der Waals surface area contributed by atoms with Crippen LogP contribution in [0.25, 0.3) is 22.3 Å². The quantitative estimate of drug-likeness (QED) is 0.389. The van der Waals surface area contributed by atoms with Crippen molar-refractivity contribution in [3.05, 3.63) is 95.3 Å². The van der Waals surface area contributed by atoms with Crippen molar-refractivity contribution in [1.82, 2.24) is 4.90 Å². The largest absolute Gasteiger partial charge is 0.479 e. The van der Waals surface area contributed by atoms with E-state index in [-0.39, 0.29) is 18.5 Å². The minimum Gasteiger partial charge on any atom is -0.479 e. The fourth-order valence-corrected chi connectivity index (χ4v) is 5.12. The molecule has 0 spiro atoms. The van der Waals surface area contributed by atoms with E-state index in [1.165, 1.54) is 17.2 Å². The molecule has 6 rings (SSSR count). The number of hydrogen-bond acceptors (Lipinski definition) is 3. The maximum Gasteiger partial charge on any atom is 0.344 e. The number of carbonyl (C=O) groups is 1. The van der Waals surface area contributed by atoms with Crippen LogP contribution in [0.1, 0.15) is 29.5 Å². The summed E-state index contributed by atoms with van der Waals surface area (Å²) < 4.78 is 34.9. The molecule has 1 aliphatic carbocycles. The molecule has 0 unspecified atom stereocenters. The maximum absolute atomic E-state index is 15.0. The van der Waals surface area contributed by atoms with Crippen molar-refractivity contribution in [2.45, 2.75) is 30.5 Å². The second-order valence-corrected chi connectivity index (χ2v) is 9.54. The Bertz CT molecular complexity index is 1400. The number of fused-ring (bicyclic) bond motifs is 1. The highest BCUT2D eigenvalue weighted by Crippen LogP contribution is 2.54. The van der Waals surface area contributed by atoms with Gasteiger partial charge < -0.3 is 9.52 Å². The third-order valence-corrected chi connectivity index (χ3v) is 7.18. The molecular formula is C28H23F2NO3. The Morgan fingerprint density at radius 3 is 2.41 bits per heavy atom. The average Bonchev–Trinajstić information content (AvgIpc) is 3.51. The van der Waals surface area contributed by atoms with Crippen LogP contribution < -0.4 is 0 Å². The van der Waals surface area contributed by atoms with Crippen LogP contribution in [0, 0.1) is 5.82 Å². The number of hydrogen-bond donors (Lipinski definition) is 1. The summed E-state index contributed by atoms with van der Waals surface area (Å²) in [6.45, 7) is -0.0919. The van der Waals surface area contributed by atoms with Crippen LogP contribution in [-0.2, 0) is 16.8 Å². The number of benzene rings is 3. The average molecular weight is 459 g/mol. The lowest BCUT2D eigenvalue weighted by atomic mass is 9.87. The van der Waals surface area contributed by atoms with E-state index in [2.05, 4.69) is 36.4 Å². The molecule has 0 radical (unpaired) electrons. The maximum atomic E-state index is 15.0. The van der Waals surface area contributed by atoms with Gasteiger partial charge in [-0.1, -0.05) is 42.5 Å². The summed E-state index contributed by atoms with van der Waals surface area (Å²) >= 11 is 0. The minimum absolute atomic E-state index is 0.0501. The molecule has 2 heterocycles. The monoisotopic (exact) mass is 459 g/mol. The Balaban J connectivity index is 1.24. The van der Waals surface area contributed by atoms with Crippen molar-refractivity contribution in [1.29, 1.82) is 0 Å². The molecule has 4 nitrogen and oxygen atoms in total. The van der Waals surface area contributed by atoms with Crippen LogP contribution in [0.2, 0.25) is 0 Å². The van der Waals surface area contributed by atoms with Crippen LogP contribution in [0.4, 0.5) is 8.78 Å². The fraction of sp³-hybridized carbons (Fsp3) is 0.250. The van der Waals surface area contributed by atoms with Gasteiger partial charge in [0.05, 0.1) is 5.56 Å². The summed E-state index contributed by atoms with van der Waals surface area (Å²) in [6.07, 6.45) is 2.21. The predicted molar refractivity (Wildman–Crippen MR) is 125 cm³/mol. The number of furan rings is 1. The molecule has 3 aromatic carbocycles. The molecule has 172 valence electrons. The number of rotatable bonds is 6. The van der Waals surface area contributed by atoms with Gasteiger partial charge in [0.1, 0.15) is 17.2 Å². The molecule has 0 amide bonds. The number of halogens is 2. The molecule has 34 heavy (non-hydrogen) atoms. The molecule has 2 fully saturated rings. The van der Waals surface area contributed by atoms with Gasteiger partial charge in [-0.3, -0.25) is 4.90 Å². The van der Waals surface area contributed by atoms with Gasteiger partial charge in [0.2, 0.25) is 5.67 Å². The Labute approximate surface area is 195 Å². The molecule has 2 aliphatic rings. The second-order valence-electron chi connectivity index (χ2n) is 9.54. The molecule has 0 bridgehead atoms. The third kappa shape index (κ3) is 3.41. The van der Waals surface area contributed by atoms with Crippen LogP contribution in [0.5, 0.6) is 0 Å². The van der Waals surface area contributed by atoms with Gasteiger partial charge in [-0.25, -0.2) is 13.6 Å². The summed E-state index contributed by atoms with van der Waals surface area (Å²) in [6, 6.07) is 23.4. The van der Waals surface area contributed by atoms with Crippen molar-refractivity contribution in [3.63, 3.8) is 0 Å². The summed E-state index contributed by atoms with van der Waals surface area (Å²) in [5.74, 6) is -1.42. The van der Waals surface area contributed by atoms with Crippen LogP contribution in [-0.4, -0.2) is 34.7 Å². The smallest absolute Gasteiger partial charge is 0.344 e. The van der Waals surface area contributed by atoms with E-state index in [0.717, 1.165) is 18.2 Å². The topological polar surface area (TPSA) is 53.7 Å². The lowest BCUT2D eigenvalue weighted by molar-refractivity contribution is -0.164. The zero-order valence-electron chi connectivity index (χ0n) is 18.4.